The summed E-state index contributed by atoms with van der Waals surface area (Å²) in [5.41, 5.74) is 0.640. The molecule has 1 aliphatic rings. The number of pyridine rings is 1. The third-order valence-corrected chi connectivity index (χ3v) is 5.56. The lowest BCUT2D eigenvalue weighted by Gasteiger charge is -2.43. The molecule has 1 amide bonds. The maximum atomic E-state index is 13.0. The summed E-state index contributed by atoms with van der Waals surface area (Å²) in [6.45, 7) is 6.29. The van der Waals surface area contributed by atoms with Crippen LogP contribution in [0.3, 0.4) is 0 Å². The van der Waals surface area contributed by atoms with Gasteiger partial charge in [-0.3, -0.25) is 9.59 Å². The summed E-state index contributed by atoms with van der Waals surface area (Å²) in [4.78, 5) is 31.0. The number of rotatable bonds is 5. The van der Waals surface area contributed by atoms with Gasteiger partial charge in [0.25, 0.3) is 5.91 Å². The maximum absolute atomic E-state index is 13.0. The van der Waals surface area contributed by atoms with Crippen LogP contribution in [0.4, 0.5) is 0 Å². The van der Waals surface area contributed by atoms with Gasteiger partial charge in [0.1, 0.15) is 16.8 Å². The largest absolute Gasteiger partial charge is 0.481 e. The van der Waals surface area contributed by atoms with E-state index in [4.69, 9.17) is 0 Å². The van der Waals surface area contributed by atoms with Crippen LogP contribution in [0, 0.1) is 18.3 Å². The van der Waals surface area contributed by atoms with Gasteiger partial charge in [-0.05, 0) is 43.7 Å². The van der Waals surface area contributed by atoms with E-state index >= 15 is 0 Å². The number of piperidine rings is 1. The summed E-state index contributed by atoms with van der Waals surface area (Å²) >= 11 is 0. The Morgan fingerprint density at radius 1 is 1.41 bits per heavy atom. The molecular formula is C20H27N3O4. The number of nitrogens with zero attached hydrogens (tertiary/aromatic N) is 3. The van der Waals surface area contributed by atoms with E-state index in [1.54, 1.807) is 10.6 Å². The van der Waals surface area contributed by atoms with Crippen LogP contribution in [0.15, 0.2) is 24.5 Å². The van der Waals surface area contributed by atoms with Crippen LogP contribution in [0.25, 0.3) is 5.65 Å². The molecule has 2 aromatic heterocycles. The molecule has 7 heteroatoms. The molecule has 2 N–H and O–H groups in total. The van der Waals surface area contributed by atoms with Crippen molar-refractivity contribution in [3.63, 3.8) is 0 Å². The Bertz CT molecular complexity index is 860. The number of hydrogen-bond donors (Lipinski definition) is 2. The van der Waals surface area contributed by atoms with Crippen molar-refractivity contribution in [1.29, 1.82) is 0 Å². The first-order valence-corrected chi connectivity index (χ1v) is 9.39. The van der Waals surface area contributed by atoms with Crippen LogP contribution < -0.4 is 0 Å². The zero-order valence-electron chi connectivity index (χ0n) is 16.1. The minimum Gasteiger partial charge on any atom is -0.481 e. The topological polar surface area (TPSA) is 95.1 Å². The number of aliphatic hydroxyl groups excluding tert-OH is 1. The number of aryl methyl sites for hydroxylation is 1. The fourth-order valence-corrected chi connectivity index (χ4v) is 3.78. The molecule has 0 saturated carbocycles. The first kappa shape index (κ1) is 19.4. The highest BCUT2D eigenvalue weighted by Crippen LogP contribution is 2.37. The van der Waals surface area contributed by atoms with Gasteiger partial charge in [0, 0.05) is 25.5 Å². The van der Waals surface area contributed by atoms with E-state index < -0.39 is 17.5 Å². The Balaban J connectivity index is 1.88. The van der Waals surface area contributed by atoms with Crippen LogP contribution in [0.2, 0.25) is 0 Å². The molecule has 0 radical (unpaired) electrons. The summed E-state index contributed by atoms with van der Waals surface area (Å²) in [6.07, 6.45) is 3.82. The number of carboxylic acids is 1. The molecular weight excluding hydrogens is 346 g/mol. The number of amides is 1. The second-order valence-corrected chi connectivity index (χ2v) is 7.97. The highest BCUT2D eigenvalue weighted by Gasteiger charge is 2.50. The van der Waals surface area contributed by atoms with Gasteiger partial charge in [-0.25, -0.2) is 4.98 Å². The summed E-state index contributed by atoms with van der Waals surface area (Å²) in [5.74, 6) is -1.01. The number of imidazole rings is 1. The number of carboxylic acid groups (broad SMARTS) is 1. The van der Waals surface area contributed by atoms with Gasteiger partial charge in [-0.1, -0.05) is 19.9 Å². The molecule has 3 rings (SSSR count). The van der Waals surface area contributed by atoms with Crippen LogP contribution in [-0.4, -0.2) is 55.6 Å². The molecule has 1 fully saturated rings. The minimum absolute atomic E-state index is 0.00189. The lowest BCUT2D eigenvalue weighted by molar-refractivity contribution is -0.163. The fraction of sp³-hybridized carbons (Fsp3) is 0.550. The van der Waals surface area contributed by atoms with Gasteiger partial charge in [0.15, 0.2) is 0 Å². The van der Waals surface area contributed by atoms with Crippen molar-refractivity contribution < 1.29 is 19.8 Å². The fourth-order valence-electron chi connectivity index (χ4n) is 3.78. The molecule has 146 valence electrons. The number of likely N-dealkylation sites (tertiary alicyclic amines) is 1. The molecule has 1 aliphatic heterocycles. The normalized spacial score (nSPS) is 23.1. The molecule has 0 aliphatic carbocycles. The quantitative estimate of drug-likeness (QED) is 0.839. The second-order valence-electron chi connectivity index (χ2n) is 7.97. The zero-order valence-corrected chi connectivity index (χ0v) is 16.1. The molecule has 0 bridgehead atoms. The molecule has 0 aromatic carbocycles. The monoisotopic (exact) mass is 373 g/mol. The molecule has 3 heterocycles. The Morgan fingerprint density at radius 2 is 2.15 bits per heavy atom. The van der Waals surface area contributed by atoms with Crippen LogP contribution in [0.5, 0.6) is 0 Å². The van der Waals surface area contributed by atoms with Crippen molar-refractivity contribution in [2.75, 3.05) is 13.1 Å². The van der Waals surface area contributed by atoms with Crippen molar-refractivity contribution in [2.45, 2.75) is 46.1 Å². The molecule has 2 atom stereocenters. The number of hydrogen-bond acceptors (Lipinski definition) is 4. The first-order valence-electron chi connectivity index (χ1n) is 9.39. The smallest absolute Gasteiger partial charge is 0.314 e. The zero-order chi connectivity index (χ0) is 19.8. The van der Waals surface area contributed by atoms with Crippen LogP contribution >= 0.6 is 0 Å². The molecule has 0 spiro atoms. The van der Waals surface area contributed by atoms with Crippen molar-refractivity contribution in [3.05, 3.63) is 35.8 Å². The number of aliphatic carboxylic acids is 1. The standard InChI is InChI=1S/C20H27N3O4/c1-13(2)6-8-20(19(26)27)12-23(10-7-16(20)24)18(25)15-11-22-9-4-5-14(3)17(22)21-15/h4-5,9,11,13,16,24H,6-8,10,12H2,1-3H3,(H,26,27)/t16-,20-/m1/s1. The Morgan fingerprint density at radius 3 is 2.78 bits per heavy atom. The van der Waals surface area contributed by atoms with Gasteiger partial charge < -0.3 is 19.5 Å². The van der Waals surface area contributed by atoms with E-state index in [1.807, 2.05) is 39.1 Å². The van der Waals surface area contributed by atoms with Crippen LogP contribution in [-0.2, 0) is 4.79 Å². The second kappa shape index (κ2) is 7.31. The molecule has 2 aromatic rings. The van der Waals surface area contributed by atoms with E-state index in [-0.39, 0.29) is 18.9 Å². The molecule has 0 unspecified atom stereocenters. The Kier molecular flexibility index (Phi) is 5.24. The van der Waals surface area contributed by atoms with Gasteiger partial charge in [0.05, 0.1) is 6.10 Å². The van der Waals surface area contributed by atoms with E-state index in [0.717, 1.165) is 5.56 Å². The van der Waals surface area contributed by atoms with E-state index in [1.165, 1.54) is 4.90 Å². The van der Waals surface area contributed by atoms with Gasteiger partial charge in [0.2, 0.25) is 0 Å². The molecule has 27 heavy (non-hydrogen) atoms. The summed E-state index contributed by atoms with van der Waals surface area (Å²) in [5, 5.41) is 20.4. The van der Waals surface area contributed by atoms with Crippen LogP contribution in [0.1, 0.15) is 49.2 Å². The number of fused-ring (bicyclic) bond motifs is 1. The van der Waals surface area contributed by atoms with Crippen molar-refractivity contribution in [2.24, 2.45) is 11.3 Å². The van der Waals surface area contributed by atoms with Gasteiger partial charge >= 0.3 is 5.97 Å². The predicted octanol–water partition coefficient (Wildman–Crippen LogP) is 2.36. The summed E-state index contributed by atoms with van der Waals surface area (Å²) < 4.78 is 1.80. The number of carbonyl (C=O) groups excluding carboxylic acids is 1. The van der Waals surface area contributed by atoms with Crippen molar-refractivity contribution in [3.8, 4) is 0 Å². The van der Waals surface area contributed by atoms with Crippen molar-refractivity contribution >= 4 is 17.5 Å². The number of aromatic nitrogens is 2. The Labute approximate surface area is 158 Å². The van der Waals surface area contributed by atoms with Gasteiger partial charge in [-0.15, -0.1) is 0 Å². The Hall–Kier alpha value is -2.41. The number of aliphatic hydroxyl groups is 1. The summed E-state index contributed by atoms with van der Waals surface area (Å²) in [7, 11) is 0. The lowest BCUT2D eigenvalue weighted by atomic mass is 9.72. The third-order valence-electron chi connectivity index (χ3n) is 5.56. The highest BCUT2D eigenvalue weighted by molar-refractivity contribution is 5.93. The highest BCUT2D eigenvalue weighted by atomic mass is 16.4. The van der Waals surface area contributed by atoms with Crippen molar-refractivity contribution in [1.82, 2.24) is 14.3 Å². The molecule has 1 saturated heterocycles. The lowest BCUT2D eigenvalue weighted by Crippen LogP contribution is -2.57. The van der Waals surface area contributed by atoms with E-state index in [9.17, 15) is 19.8 Å². The van der Waals surface area contributed by atoms with Gasteiger partial charge in [-0.2, -0.15) is 0 Å². The SMILES string of the molecule is Cc1cccn2cc(C(=O)N3CC[C@@H](O)[C@](CCC(C)C)(C(=O)O)C3)nc12. The maximum Gasteiger partial charge on any atom is 0.314 e. The molecule has 7 nitrogen and oxygen atoms in total. The van der Waals surface area contributed by atoms with E-state index in [2.05, 4.69) is 4.98 Å². The average Bonchev–Trinajstić information content (AvgIpc) is 3.06. The minimum atomic E-state index is -1.33. The average molecular weight is 373 g/mol. The first-order chi connectivity index (χ1) is 12.7. The third kappa shape index (κ3) is 3.56. The predicted molar refractivity (Wildman–Crippen MR) is 101 cm³/mol. The number of carbonyl (C=O) groups is 2. The summed E-state index contributed by atoms with van der Waals surface area (Å²) in [6, 6.07) is 3.81. The van der Waals surface area contributed by atoms with E-state index in [0.29, 0.717) is 36.6 Å².